The van der Waals surface area contributed by atoms with Gasteiger partial charge in [0.2, 0.25) is 5.91 Å². The smallest absolute Gasteiger partial charge is 0.339 e. The van der Waals surface area contributed by atoms with E-state index in [2.05, 4.69) is 4.74 Å². The number of pyridine rings is 1. The van der Waals surface area contributed by atoms with E-state index in [1.807, 2.05) is 0 Å². The Morgan fingerprint density at radius 2 is 1.81 bits per heavy atom. The molecule has 1 heterocycles. The Morgan fingerprint density at radius 3 is 2.35 bits per heavy atom. The fourth-order valence-electron chi connectivity index (χ4n) is 2.92. The lowest BCUT2D eigenvalue weighted by Gasteiger charge is -2.22. The molecule has 1 amide bonds. The molecule has 2 aromatic rings. The topological polar surface area (TPSA) is 130 Å². The minimum atomic E-state index is -0.992. The average molecular weight is 433 g/mol. The molecular weight excluding hydrogens is 410 g/mol. The molecule has 0 aliphatic rings. The van der Waals surface area contributed by atoms with Crippen molar-refractivity contribution < 1.29 is 28.7 Å². The Bertz CT molecular complexity index is 1050. The van der Waals surface area contributed by atoms with Gasteiger partial charge in [-0.2, -0.15) is 0 Å². The molecule has 0 radical (unpaired) electrons. The zero-order valence-corrected chi connectivity index (χ0v) is 17.6. The van der Waals surface area contributed by atoms with Gasteiger partial charge in [-0.1, -0.05) is 6.07 Å². The Hall–Kier alpha value is -3.89. The SMILES string of the molecule is CCN(Cc1ccc(OC)c(OC)c1)C(=O)Cn1cc(C(=O)OC)cc([N+](=O)[O-])c1=O. The summed E-state index contributed by atoms with van der Waals surface area (Å²) in [5, 5.41) is 11.2. The molecule has 2 rings (SSSR count). The van der Waals surface area contributed by atoms with E-state index < -0.39 is 34.6 Å². The van der Waals surface area contributed by atoms with Crippen molar-refractivity contribution in [1.29, 1.82) is 0 Å². The zero-order chi connectivity index (χ0) is 23.1. The molecule has 0 saturated carbocycles. The van der Waals surface area contributed by atoms with Gasteiger partial charge in [0.05, 0.1) is 31.8 Å². The fourth-order valence-corrected chi connectivity index (χ4v) is 2.92. The molecular formula is C20H23N3O8. The predicted octanol–water partition coefficient (Wildman–Crippen LogP) is 1.61. The fraction of sp³-hybridized carbons (Fsp3) is 0.350. The molecule has 0 atom stereocenters. The molecule has 0 spiro atoms. The highest BCUT2D eigenvalue weighted by Crippen LogP contribution is 2.28. The van der Waals surface area contributed by atoms with E-state index in [9.17, 15) is 24.5 Å². The highest BCUT2D eigenvalue weighted by Gasteiger charge is 2.23. The van der Waals surface area contributed by atoms with E-state index in [-0.39, 0.29) is 12.1 Å². The molecule has 166 valence electrons. The normalized spacial score (nSPS) is 10.3. The Balaban J connectivity index is 2.32. The molecule has 11 nitrogen and oxygen atoms in total. The van der Waals surface area contributed by atoms with Gasteiger partial charge in [-0.05, 0) is 24.6 Å². The second-order valence-corrected chi connectivity index (χ2v) is 6.39. The maximum Gasteiger partial charge on any atom is 0.339 e. The summed E-state index contributed by atoms with van der Waals surface area (Å²) in [6, 6.07) is 6.03. The molecule has 0 aliphatic heterocycles. The van der Waals surface area contributed by atoms with Crippen LogP contribution in [0.1, 0.15) is 22.8 Å². The minimum Gasteiger partial charge on any atom is -0.493 e. The quantitative estimate of drug-likeness (QED) is 0.331. The summed E-state index contributed by atoms with van der Waals surface area (Å²) in [6.45, 7) is 1.81. The van der Waals surface area contributed by atoms with Crippen molar-refractivity contribution >= 4 is 17.6 Å². The first-order chi connectivity index (χ1) is 14.7. The highest BCUT2D eigenvalue weighted by molar-refractivity contribution is 5.89. The Labute approximate surface area is 177 Å². The minimum absolute atomic E-state index is 0.204. The zero-order valence-electron chi connectivity index (χ0n) is 17.6. The number of likely N-dealkylation sites (N-methyl/N-ethyl adjacent to an activating group) is 1. The number of hydrogen-bond donors (Lipinski definition) is 0. The third-order valence-corrected chi connectivity index (χ3v) is 4.55. The summed E-state index contributed by atoms with van der Waals surface area (Å²) in [5.74, 6) is -0.280. The molecule has 0 fully saturated rings. The number of carbonyl (C=O) groups is 2. The largest absolute Gasteiger partial charge is 0.493 e. The van der Waals surface area contributed by atoms with Crippen LogP contribution >= 0.6 is 0 Å². The lowest BCUT2D eigenvalue weighted by molar-refractivity contribution is -0.386. The molecule has 0 N–H and O–H groups in total. The summed E-state index contributed by atoms with van der Waals surface area (Å²) < 4.78 is 15.9. The van der Waals surface area contributed by atoms with Crippen molar-refractivity contribution in [2.45, 2.75) is 20.0 Å². The second kappa shape index (κ2) is 10.2. The van der Waals surface area contributed by atoms with Crippen LogP contribution < -0.4 is 15.0 Å². The van der Waals surface area contributed by atoms with E-state index >= 15 is 0 Å². The van der Waals surface area contributed by atoms with Gasteiger partial charge in [0.25, 0.3) is 0 Å². The summed E-state index contributed by atoms with van der Waals surface area (Å²) in [4.78, 5) is 48.8. The van der Waals surface area contributed by atoms with Crippen LogP contribution in [0.3, 0.4) is 0 Å². The van der Waals surface area contributed by atoms with Gasteiger partial charge in [-0.25, -0.2) is 4.79 Å². The van der Waals surface area contributed by atoms with Crippen LogP contribution in [-0.2, 0) is 22.6 Å². The van der Waals surface area contributed by atoms with Crippen molar-refractivity contribution in [1.82, 2.24) is 9.47 Å². The summed E-state index contributed by atoms with van der Waals surface area (Å²) in [5.41, 5.74) is -1.26. The number of methoxy groups -OCH3 is 3. The molecule has 0 aliphatic carbocycles. The number of nitro groups is 1. The molecule has 0 bridgehead atoms. The van der Waals surface area contributed by atoms with E-state index in [1.165, 1.54) is 19.1 Å². The Morgan fingerprint density at radius 1 is 1.13 bits per heavy atom. The second-order valence-electron chi connectivity index (χ2n) is 6.39. The number of aromatic nitrogens is 1. The molecule has 0 unspecified atom stereocenters. The first-order valence-electron chi connectivity index (χ1n) is 9.21. The van der Waals surface area contributed by atoms with Crippen LogP contribution in [0.15, 0.2) is 35.3 Å². The Kier molecular flexibility index (Phi) is 7.72. The maximum absolute atomic E-state index is 12.8. The van der Waals surface area contributed by atoms with Gasteiger partial charge in [0, 0.05) is 25.4 Å². The van der Waals surface area contributed by atoms with Gasteiger partial charge >= 0.3 is 17.2 Å². The van der Waals surface area contributed by atoms with Crippen molar-refractivity contribution in [3.63, 3.8) is 0 Å². The lowest BCUT2D eigenvalue weighted by Crippen LogP contribution is -2.36. The molecule has 1 aromatic carbocycles. The summed E-state index contributed by atoms with van der Waals surface area (Å²) >= 11 is 0. The van der Waals surface area contributed by atoms with Crippen LogP contribution in [0.2, 0.25) is 0 Å². The third kappa shape index (κ3) is 5.38. The summed E-state index contributed by atoms with van der Waals surface area (Å²) in [6.07, 6.45) is 1.07. The van der Waals surface area contributed by atoms with Crippen LogP contribution in [0.25, 0.3) is 0 Å². The molecule has 0 saturated heterocycles. The van der Waals surface area contributed by atoms with Gasteiger partial charge in [-0.15, -0.1) is 0 Å². The summed E-state index contributed by atoms with van der Waals surface area (Å²) in [7, 11) is 4.12. The van der Waals surface area contributed by atoms with Crippen molar-refractivity contribution in [3.8, 4) is 11.5 Å². The maximum atomic E-state index is 12.8. The number of carbonyl (C=O) groups excluding carboxylic acids is 2. The van der Waals surface area contributed by atoms with Crippen LogP contribution in [0.5, 0.6) is 11.5 Å². The highest BCUT2D eigenvalue weighted by atomic mass is 16.6. The molecule has 1 aromatic heterocycles. The standard InChI is InChI=1S/C20H23N3O8/c1-5-21(10-13-6-7-16(29-2)17(8-13)30-3)18(24)12-22-11-14(20(26)31-4)9-15(19(22)25)23(27)28/h6-9,11H,5,10,12H2,1-4H3. The van der Waals surface area contributed by atoms with Crippen LogP contribution in [0.4, 0.5) is 5.69 Å². The number of amides is 1. The number of ether oxygens (including phenoxy) is 3. The number of hydrogen-bond acceptors (Lipinski definition) is 8. The molecule has 31 heavy (non-hydrogen) atoms. The lowest BCUT2D eigenvalue weighted by atomic mass is 10.2. The predicted molar refractivity (Wildman–Crippen MR) is 109 cm³/mol. The van der Waals surface area contributed by atoms with E-state index in [0.717, 1.165) is 29.5 Å². The number of esters is 1. The average Bonchev–Trinajstić information content (AvgIpc) is 2.77. The van der Waals surface area contributed by atoms with Gasteiger partial charge < -0.3 is 19.1 Å². The van der Waals surface area contributed by atoms with E-state index in [1.54, 1.807) is 25.1 Å². The van der Waals surface area contributed by atoms with Gasteiger partial charge in [-0.3, -0.25) is 24.3 Å². The monoisotopic (exact) mass is 433 g/mol. The number of rotatable bonds is 9. The van der Waals surface area contributed by atoms with Crippen molar-refractivity contribution in [2.75, 3.05) is 27.9 Å². The first kappa shape index (κ1) is 23.4. The number of benzene rings is 1. The molecule has 11 heteroatoms. The van der Waals surface area contributed by atoms with Crippen molar-refractivity contribution in [2.24, 2.45) is 0 Å². The number of nitrogens with zero attached hydrogens (tertiary/aromatic N) is 3. The van der Waals surface area contributed by atoms with Gasteiger partial charge in [0.1, 0.15) is 6.54 Å². The van der Waals surface area contributed by atoms with Crippen LogP contribution in [0, 0.1) is 10.1 Å². The van der Waals surface area contributed by atoms with E-state index in [0.29, 0.717) is 18.0 Å². The van der Waals surface area contributed by atoms with Gasteiger partial charge in [0.15, 0.2) is 11.5 Å². The van der Waals surface area contributed by atoms with Crippen molar-refractivity contribution in [3.05, 3.63) is 62.1 Å². The first-order valence-corrected chi connectivity index (χ1v) is 9.21. The third-order valence-electron chi connectivity index (χ3n) is 4.55. The van der Waals surface area contributed by atoms with Crippen LogP contribution in [-0.4, -0.2) is 54.1 Å². The van der Waals surface area contributed by atoms with E-state index in [4.69, 9.17) is 9.47 Å².